The lowest BCUT2D eigenvalue weighted by Gasteiger charge is -2.14. The lowest BCUT2D eigenvalue weighted by molar-refractivity contribution is 0.0786. The summed E-state index contributed by atoms with van der Waals surface area (Å²) in [5, 5.41) is 9.91. The van der Waals surface area contributed by atoms with E-state index in [-0.39, 0.29) is 18.4 Å². The number of carbonyl (C=O) groups excluding carboxylic acids is 1. The Morgan fingerprint density at radius 2 is 2.27 bits per heavy atom. The molecule has 1 aromatic heterocycles. The number of nitrogens with zero attached hydrogens (tertiary/aromatic N) is 1. The molecule has 1 fully saturated rings. The van der Waals surface area contributed by atoms with E-state index >= 15 is 0 Å². The number of likely N-dealkylation sites (tertiary alicyclic amines) is 1. The predicted octanol–water partition coefficient (Wildman–Crippen LogP) is 3.83. The minimum atomic E-state index is 0.0670. The Morgan fingerprint density at radius 1 is 1.45 bits per heavy atom. The summed E-state index contributed by atoms with van der Waals surface area (Å²) in [5.41, 5.74) is 2.14. The summed E-state index contributed by atoms with van der Waals surface area (Å²) in [5.74, 6) is 0.287. The number of benzene rings is 1. The summed E-state index contributed by atoms with van der Waals surface area (Å²) in [6.07, 6.45) is 0.883. The summed E-state index contributed by atoms with van der Waals surface area (Å²) >= 11 is 7.57. The van der Waals surface area contributed by atoms with E-state index in [4.69, 9.17) is 11.6 Å². The van der Waals surface area contributed by atoms with Crippen LogP contribution in [0.3, 0.4) is 0 Å². The quantitative estimate of drug-likeness (QED) is 0.926. The first-order chi connectivity index (χ1) is 10.6. The van der Waals surface area contributed by atoms with Crippen LogP contribution in [-0.4, -0.2) is 35.6 Å². The SMILES string of the molecule is Cc1cc(C(=O)N2CCC(CO)C2)sc1-c1cccc(Cl)c1. The van der Waals surface area contributed by atoms with Gasteiger partial charge in [-0.1, -0.05) is 23.7 Å². The zero-order valence-corrected chi connectivity index (χ0v) is 14.0. The van der Waals surface area contributed by atoms with Crippen molar-refractivity contribution in [3.05, 3.63) is 45.8 Å². The van der Waals surface area contributed by atoms with E-state index < -0.39 is 0 Å². The number of hydrogen-bond acceptors (Lipinski definition) is 3. The molecule has 0 aliphatic carbocycles. The van der Waals surface area contributed by atoms with Gasteiger partial charge in [-0.15, -0.1) is 11.3 Å². The second-order valence-electron chi connectivity index (χ2n) is 5.72. The third-order valence-electron chi connectivity index (χ3n) is 4.05. The number of aliphatic hydroxyl groups is 1. The third-order valence-corrected chi connectivity index (χ3v) is 5.56. The zero-order valence-electron chi connectivity index (χ0n) is 12.4. The molecular formula is C17H18ClNO2S. The average Bonchev–Trinajstić information content (AvgIpc) is 3.13. The van der Waals surface area contributed by atoms with Crippen molar-refractivity contribution in [2.75, 3.05) is 19.7 Å². The van der Waals surface area contributed by atoms with Crippen LogP contribution in [0.15, 0.2) is 30.3 Å². The molecule has 2 heterocycles. The molecule has 1 N–H and O–H groups in total. The highest BCUT2D eigenvalue weighted by Crippen LogP contribution is 2.34. The van der Waals surface area contributed by atoms with E-state index in [1.165, 1.54) is 11.3 Å². The molecule has 2 aromatic rings. The van der Waals surface area contributed by atoms with Crippen molar-refractivity contribution in [2.45, 2.75) is 13.3 Å². The molecule has 3 nitrogen and oxygen atoms in total. The van der Waals surface area contributed by atoms with Gasteiger partial charge in [0.05, 0.1) is 4.88 Å². The Balaban J connectivity index is 1.85. The lowest BCUT2D eigenvalue weighted by Crippen LogP contribution is -2.28. The van der Waals surface area contributed by atoms with Crippen LogP contribution in [0.1, 0.15) is 21.7 Å². The van der Waals surface area contributed by atoms with Gasteiger partial charge in [0.15, 0.2) is 0 Å². The highest BCUT2D eigenvalue weighted by molar-refractivity contribution is 7.17. The third kappa shape index (κ3) is 3.05. The van der Waals surface area contributed by atoms with Crippen molar-refractivity contribution < 1.29 is 9.90 Å². The van der Waals surface area contributed by atoms with Crippen LogP contribution in [0.4, 0.5) is 0 Å². The molecule has 1 amide bonds. The monoisotopic (exact) mass is 335 g/mol. The van der Waals surface area contributed by atoms with E-state index in [2.05, 4.69) is 0 Å². The molecule has 0 spiro atoms. The van der Waals surface area contributed by atoms with Gasteiger partial charge in [0.2, 0.25) is 0 Å². The lowest BCUT2D eigenvalue weighted by atomic mass is 10.1. The Morgan fingerprint density at radius 3 is 2.95 bits per heavy atom. The normalized spacial score (nSPS) is 18.0. The fourth-order valence-electron chi connectivity index (χ4n) is 2.83. The van der Waals surface area contributed by atoms with Crippen molar-refractivity contribution in [2.24, 2.45) is 5.92 Å². The number of aryl methyl sites for hydroxylation is 1. The van der Waals surface area contributed by atoms with Crippen LogP contribution in [0, 0.1) is 12.8 Å². The smallest absolute Gasteiger partial charge is 0.263 e. The number of thiophene rings is 1. The predicted molar refractivity (Wildman–Crippen MR) is 90.6 cm³/mol. The maximum absolute atomic E-state index is 12.6. The number of hydrogen-bond donors (Lipinski definition) is 1. The van der Waals surface area contributed by atoms with E-state index in [9.17, 15) is 9.90 Å². The standard InChI is InChI=1S/C17H18ClNO2S/c1-11-7-15(17(21)19-6-5-12(9-19)10-20)22-16(11)13-3-2-4-14(18)8-13/h2-4,7-8,12,20H,5-6,9-10H2,1H3. The molecule has 0 bridgehead atoms. The first-order valence-electron chi connectivity index (χ1n) is 7.35. The molecule has 1 unspecified atom stereocenters. The van der Waals surface area contributed by atoms with Gasteiger partial charge in [-0.25, -0.2) is 0 Å². The minimum Gasteiger partial charge on any atom is -0.396 e. The summed E-state index contributed by atoms with van der Waals surface area (Å²) in [6, 6.07) is 9.66. The van der Waals surface area contributed by atoms with Crippen LogP contribution in [0.5, 0.6) is 0 Å². The molecule has 1 aliphatic heterocycles. The highest BCUT2D eigenvalue weighted by Gasteiger charge is 2.27. The van der Waals surface area contributed by atoms with Crippen molar-refractivity contribution in [1.29, 1.82) is 0 Å². The van der Waals surface area contributed by atoms with Gasteiger partial charge in [0.1, 0.15) is 0 Å². The number of rotatable bonds is 3. The maximum Gasteiger partial charge on any atom is 0.263 e. The van der Waals surface area contributed by atoms with E-state index in [0.29, 0.717) is 11.6 Å². The molecule has 3 rings (SSSR count). The Labute approximate surface area is 139 Å². The van der Waals surface area contributed by atoms with Crippen LogP contribution in [0.2, 0.25) is 5.02 Å². The first-order valence-corrected chi connectivity index (χ1v) is 8.54. The first kappa shape index (κ1) is 15.5. The fourth-order valence-corrected chi connectivity index (χ4v) is 4.15. The van der Waals surface area contributed by atoms with Crippen molar-refractivity contribution in [3.8, 4) is 10.4 Å². The molecule has 22 heavy (non-hydrogen) atoms. The van der Waals surface area contributed by atoms with Gasteiger partial charge in [0, 0.05) is 35.5 Å². The van der Waals surface area contributed by atoms with E-state index in [1.54, 1.807) is 0 Å². The summed E-state index contributed by atoms with van der Waals surface area (Å²) in [4.78, 5) is 16.3. The van der Waals surface area contributed by atoms with Crippen LogP contribution >= 0.6 is 22.9 Å². The molecule has 0 saturated carbocycles. The van der Waals surface area contributed by atoms with Gasteiger partial charge in [-0.05, 0) is 42.7 Å². The summed E-state index contributed by atoms with van der Waals surface area (Å²) < 4.78 is 0. The van der Waals surface area contributed by atoms with Crippen LogP contribution in [0.25, 0.3) is 10.4 Å². The second kappa shape index (κ2) is 6.41. The molecule has 1 aromatic carbocycles. The van der Waals surface area contributed by atoms with Crippen molar-refractivity contribution >= 4 is 28.8 Å². The average molecular weight is 336 g/mol. The maximum atomic E-state index is 12.6. The van der Waals surface area contributed by atoms with Gasteiger partial charge >= 0.3 is 0 Å². The Hall–Kier alpha value is -1.36. The topological polar surface area (TPSA) is 40.5 Å². The van der Waals surface area contributed by atoms with E-state index in [0.717, 1.165) is 33.8 Å². The number of amides is 1. The van der Waals surface area contributed by atoms with Crippen molar-refractivity contribution in [1.82, 2.24) is 4.90 Å². The molecule has 1 atom stereocenters. The second-order valence-corrected chi connectivity index (χ2v) is 7.21. The molecule has 1 saturated heterocycles. The van der Waals surface area contributed by atoms with Gasteiger partial charge in [-0.2, -0.15) is 0 Å². The minimum absolute atomic E-state index is 0.0670. The Kier molecular flexibility index (Phi) is 4.52. The number of carbonyl (C=O) groups is 1. The van der Waals surface area contributed by atoms with Crippen molar-refractivity contribution in [3.63, 3.8) is 0 Å². The summed E-state index contributed by atoms with van der Waals surface area (Å²) in [7, 11) is 0. The summed E-state index contributed by atoms with van der Waals surface area (Å²) in [6.45, 7) is 3.55. The molecule has 0 radical (unpaired) electrons. The Bertz CT molecular complexity index is 698. The van der Waals surface area contributed by atoms with Gasteiger partial charge in [0.25, 0.3) is 5.91 Å². The fraction of sp³-hybridized carbons (Fsp3) is 0.353. The molecule has 1 aliphatic rings. The largest absolute Gasteiger partial charge is 0.396 e. The van der Waals surface area contributed by atoms with Crippen LogP contribution in [-0.2, 0) is 0 Å². The number of aliphatic hydroxyl groups excluding tert-OH is 1. The highest BCUT2D eigenvalue weighted by atomic mass is 35.5. The molecule has 116 valence electrons. The molecular weight excluding hydrogens is 318 g/mol. The van der Waals surface area contributed by atoms with E-state index in [1.807, 2.05) is 42.2 Å². The zero-order chi connectivity index (χ0) is 15.7. The molecule has 5 heteroatoms. The van der Waals surface area contributed by atoms with Crippen LogP contribution < -0.4 is 0 Å². The van der Waals surface area contributed by atoms with Gasteiger partial charge in [-0.3, -0.25) is 4.79 Å². The number of halogens is 1. The van der Waals surface area contributed by atoms with Gasteiger partial charge < -0.3 is 10.0 Å².